The molecule has 0 bridgehead atoms. The van der Waals surface area contributed by atoms with Gasteiger partial charge in [0.2, 0.25) is 0 Å². The molecule has 0 fully saturated rings. The summed E-state index contributed by atoms with van der Waals surface area (Å²) in [6.45, 7) is 8.82. The first-order valence-electron chi connectivity index (χ1n) is 7.95. The lowest BCUT2D eigenvalue weighted by Gasteiger charge is -2.19. The molecule has 0 saturated carbocycles. The Hall–Kier alpha value is -1.60. The second-order valence-corrected chi connectivity index (χ2v) is 6.22. The molecule has 0 atom stereocenters. The number of imidazole rings is 1. The van der Waals surface area contributed by atoms with Gasteiger partial charge in [0.1, 0.15) is 5.60 Å². The average Bonchev–Trinajstić information content (AvgIpc) is 2.88. The van der Waals surface area contributed by atoms with Crippen molar-refractivity contribution >= 4 is 6.09 Å². The van der Waals surface area contributed by atoms with E-state index in [4.69, 9.17) is 14.2 Å². The first-order chi connectivity index (χ1) is 10.9. The van der Waals surface area contributed by atoms with Crippen molar-refractivity contribution < 1.29 is 19.0 Å². The summed E-state index contributed by atoms with van der Waals surface area (Å²) in [5.74, 6) is 0. The Labute approximate surface area is 138 Å². The number of methoxy groups -OCH3 is 1. The van der Waals surface area contributed by atoms with Gasteiger partial charge in [0.05, 0.1) is 19.5 Å². The van der Waals surface area contributed by atoms with E-state index >= 15 is 0 Å². The molecule has 7 heteroatoms. The SMILES string of the molecule is COCCOCCCn1cncc1CCNC(=O)OC(C)(C)C. The third-order valence-corrected chi connectivity index (χ3v) is 2.97. The number of carbonyl (C=O) groups excluding carboxylic acids is 1. The van der Waals surface area contributed by atoms with Crippen LogP contribution >= 0.6 is 0 Å². The number of ether oxygens (including phenoxy) is 3. The molecule has 1 aromatic heterocycles. The van der Waals surface area contributed by atoms with Gasteiger partial charge in [-0.3, -0.25) is 0 Å². The number of nitrogens with one attached hydrogen (secondary N) is 1. The van der Waals surface area contributed by atoms with E-state index in [0.29, 0.717) is 32.8 Å². The number of carbonyl (C=O) groups is 1. The van der Waals surface area contributed by atoms with Gasteiger partial charge in [-0.15, -0.1) is 0 Å². The van der Waals surface area contributed by atoms with Crippen LogP contribution in [0.25, 0.3) is 0 Å². The van der Waals surface area contributed by atoms with Crippen molar-refractivity contribution in [2.45, 2.75) is 45.8 Å². The van der Waals surface area contributed by atoms with Gasteiger partial charge in [0, 0.05) is 45.1 Å². The van der Waals surface area contributed by atoms with Crippen molar-refractivity contribution in [2.75, 3.05) is 33.5 Å². The summed E-state index contributed by atoms with van der Waals surface area (Å²) in [7, 11) is 1.66. The highest BCUT2D eigenvalue weighted by molar-refractivity contribution is 5.67. The third kappa shape index (κ3) is 9.20. The molecule has 1 heterocycles. The fourth-order valence-electron chi connectivity index (χ4n) is 1.95. The maximum absolute atomic E-state index is 11.6. The fraction of sp³-hybridized carbons (Fsp3) is 0.750. The second kappa shape index (κ2) is 10.2. The summed E-state index contributed by atoms with van der Waals surface area (Å²) < 4.78 is 17.6. The van der Waals surface area contributed by atoms with E-state index < -0.39 is 11.7 Å². The van der Waals surface area contributed by atoms with Crippen molar-refractivity contribution in [1.82, 2.24) is 14.9 Å². The molecule has 0 radical (unpaired) electrons. The zero-order valence-corrected chi connectivity index (χ0v) is 14.6. The van der Waals surface area contributed by atoms with E-state index in [0.717, 1.165) is 18.7 Å². The molecule has 132 valence electrons. The van der Waals surface area contributed by atoms with Crippen molar-refractivity contribution in [3.8, 4) is 0 Å². The minimum absolute atomic E-state index is 0.393. The van der Waals surface area contributed by atoms with E-state index in [1.807, 2.05) is 27.0 Å². The molecule has 0 saturated heterocycles. The van der Waals surface area contributed by atoms with Crippen molar-refractivity contribution in [1.29, 1.82) is 0 Å². The van der Waals surface area contributed by atoms with Gasteiger partial charge in [-0.05, 0) is 27.2 Å². The summed E-state index contributed by atoms with van der Waals surface area (Å²) in [5, 5.41) is 2.75. The van der Waals surface area contributed by atoms with Crippen LogP contribution in [-0.2, 0) is 27.2 Å². The highest BCUT2D eigenvalue weighted by atomic mass is 16.6. The normalized spacial score (nSPS) is 11.5. The van der Waals surface area contributed by atoms with Gasteiger partial charge in [0.25, 0.3) is 0 Å². The lowest BCUT2D eigenvalue weighted by Crippen LogP contribution is -2.33. The molecule has 1 amide bonds. The second-order valence-electron chi connectivity index (χ2n) is 6.22. The Kier molecular flexibility index (Phi) is 8.65. The van der Waals surface area contributed by atoms with Crippen LogP contribution < -0.4 is 5.32 Å². The number of nitrogens with zero attached hydrogens (tertiary/aromatic N) is 2. The predicted molar refractivity (Wildman–Crippen MR) is 87.5 cm³/mol. The van der Waals surface area contributed by atoms with E-state index in [9.17, 15) is 4.79 Å². The monoisotopic (exact) mass is 327 g/mol. The summed E-state index contributed by atoms with van der Waals surface area (Å²) in [6, 6.07) is 0. The largest absolute Gasteiger partial charge is 0.444 e. The van der Waals surface area contributed by atoms with E-state index in [2.05, 4.69) is 14.9 Å². The molecule has 0 aliphatic heterocycles. The number of rotatable bonds is 10. The Morgan fingerprint density at radius 2 is 2.09 bits per heavy atom. The highest BCUT2D eigenvalue weighted by Gasteiger charge is 2.15. The Morgan fingerprint density at radius 3 is 2.78 bits per heavy atom. The minimum Gasteiger partial charge on any atom is -0.444 e. The lowest BCUT2D eigenvalue weighted by atomic mass is 10.2. The lowest BCUT2D eigenvalue weighted by molar-refractivity contribution is 0.0528. The molecule has 0 spiro atoms. The van der Waals surface area contributed by atoms with Crippen LogP contribution in [-0.4, -0.2) is 54.7 Å². The smallest absolute Gasteiger partial charge is 0.407 e. The summed E-state index contributed by atoms with van der Waals surface area (Å²) in [6.07, 6.45) is 4.85. The van der Waals surface area contributed by atoms with Gasteiger partial charge in [-0.2, -0.15) is 0 Å². The van der Waals surface area contributed by atoms with Crippen LogP contribution in [0.4, 0.5) is 4.79 Å². The molecule has 1 rings (SSSR count). The molecular formula is C16H29N3O4. The standard InChI is InChI=1S/C16H29N3O4/c1-16(2,3)23-15(20)18-7-6-14-12-17-13-19(14)8-5-9-22-11-10-21-4/h12-13H,5-11H2,1-4H3,(H,18,20). The fourth-order valence-corrected chi connectivity index (χ4v) is 1.95. The minimum atomic E-state index is -0.478. The first-order valence-corrected chi connectivity index (χ1v) is 7.95. The molecule has 0 aliphatic carbocycles. The van der Waals surface area contributed by atoms with Crippen molar-refractivity contribution in [3.63, 3.8) is 0 Å². The van der Waals surface area contributed by atoms with Crippen molar-refractivity contribution in [3.05, 3.63) is 18.2 Å². The van der Waals surface area contributed by atoms with Crippen molar-refractivity contribution in [2.24, 2.45) is 0 Å². The molecule has 0 aromatic carbocycles. The Balaban J connectivity index is 2.23. The van der Waals surface area contributed by atoms with E-state index in [-0.39, 0.29) is 0 Å². The van der Waals surface area contributed by atoms with Gasteiger partial charge in [0.15, 0.2) is 0 Å². The average molecular weight is 327 g/mol. The van der Waals surface area contributed by atoms with Crippen LogP contribution in [0.1, 0.15) is 32.9 Å². The number of amides is 1. The van der Waals surface area contributed by atoms with Gasteiger partial charge in [-0.1, -0.05) is 0 Å². The van der Waals surface area contributed by atoms with Gasteiger partial charge >= 0.3 is 6.09 Å². The van der Waals surface area contributed by atoms with Crippen LogP contribution in [0.15, 0.2) is 12.5 Å². The topological polar surface area (TPSA) is 74.6 Å². The third-order valence-electron chi connectivity index (χ3n) is 2.97. The molecule has 1 aromatic rings. The Bertz CT molecular complexity index is 454. The zero-order chi connectivity index (χ0) is 17.1. The number of hydrogen-bond acceptors (Lipinski definition) is 5. The summed E-state index contributed by atoms with van der Waals surface area (Å²) in [5.41, 5.74) is 0.604. The molecule has 0 unspecified atom stereocenters. The van der Waals surface area contributed by atoms with Crippen LogP contribution in [0.5, 0.6) is 0 Å². The van der Waals surface area contributed by atoms with Crippen LogP contribution in [0.3, 0.4) is 0 Å². The maximum atomic E-state index is 11.6. The molecule has 1 N–H and O–H groups in total. The summed E-state index contributed by atoms with van der Waals surface area (Å²) >= 11 is 0. The van der Waals surface area contributed by atoms with Crippen LogP contribution in [0.2, 0.25) is 0 Å². The maximum Gasteiger partial charge on any atom is 0.407 e. The molecule has 7 nitrogen and oxygen atoms in total. The predicted octanol–water partition coefficient (Wildman–Crippen LogP) is 2.00. The highest BCUT2D eigenvalue weighted by Crippen LogP contribution is 2.06. The number of aromatic nitrogens is 2. The van der Waals surface area contributed by atoms with Crippen LogP contribution in [0, 0.1) is 0 Å². The molecule has 0 aliphatic rings. The quantitative estimate of drug-likeness (QED) is 0.665. The van der Waals surface area contributed by atoms with Gasteiger partial charge in [-0.25, -0.2) is 9.78 Å². The molecular weight excluding hydrogens is 298 g/mol. The Morgan fingerprint density at radius 1 is 1.30 bits per heavy atom. The first kappa shape index (κ1) is 19.4. The summed E-state index contributed by atoms with van der Waals surface area (Å²) in [4.78, 5) is 15.8. The molecule has 23 heavy (non-hydrogen) atoms. The number of alkyl carbamates (subject to hydrolysis) is 1. The number of aryl methyl sites for hydroxylation is 1. The van der Waals surface area contributed by atoms with E-state index in [1.54, 1.807) is 13.4 Å². The van der Waals surface area contributed by atoms with Gasteiger partial charge < -0.3 is 24.1 Å². The zero-order valence-electron chi connectivity index (χ0n) is 14.6. The number of hydrogen-bond donors (Lipinski definition) is 1. The van der Waals surface area contributed by atoms with E-state index in [1.165, 1.54) is 0 Å².